The number of para-hydroxylation sites is 1. The number of phenolic OH excluding ortho intramolecular Hbond substituents is 1. The molecule has 0 saturated carbocycles. The van der Waals surface area contributed by atoms with Crippen molar-refractivity contribution in [2.45, 2.75) is 13.8 Å². The molecule has 27 heavy (non-hydrogen) atoms. The number of benzene rings is 2. The predicted octanol–water partition coefficient (Wildman–Crippen LogP) is -1.85. The second-order valence-electron chi connectivity index (χ2n) is 5.34. The first-order valence-corrected chi connectivity index (χ1v) is 7.58. The van der Waals surface area contributed by atoms with Crippen LogP contribution >= 0.6 is 0 Å². The first-order valence-electron chi connectivity index (χ1n) is 7.58. The van der Waals surface area contributed by atoms with Crippen molar-refractivity contribution < 1.29 is 81.4 Å². The topological polar surface area (TPSA) is 87.7 Å². The fourth-order valence-corrected chi connectivity index (χ4v) is 2.26. The van der Waals surface area contributed by atoms with Crippen molar-refractivity contribution in [1.82, 2.24) is 0 Å². The van der Waals surface area contributed by atoms with E-state index in [1.165, 1.54) is 19.9 Å². The van der Waals surface area contributed by atoms with Gasteiger partial charge in [0.1, 0.15) is 22.8 Å². The molecule has 2 N–H and O–H groups in total. The number of carbonyl (C=O) groups excluding carboxylic acids is 1. The number of aryl methyl sites for hydroxylation is 1. The van der Waals surface area contributed by atoms with E-state index in [0.29, 0.717) is 5.75 Å². The molecule has 7 heteroatoms. The van der Waals surface area contributed by atoms with Gasteiger partial charge in [-0.1, -0.05) is 48.5 Å². The average molecular weight is 386 g/mol. The van der Waals surface area contributed by atoms with Crippen LogP contribution in [0.1, 0.15) is 25.9 Å². The molecule has 0 aliphatic heterocycles. The third-order valence-corrected chi connectivity index (χ3v) is 3.39. The first-order chi connectivity index (χ1) is 11.9. The summed E-state index contributed by atoms with van der Waals surface area (Å²) < 4.78 is 4.61. The van der Waals surface area contributed by atoms with Gasteiger partial charge in [-0.3, -0.25) is 4.79 Å². The number of carbonyl (C=O) groups is 1. The molecule has 132 valence electrons. The molecule has 1 heterocycles. The van der Waals surface area contributed by atoms with Gasteiger partial charge in [-0.25, -0.2) is 4.79 Å². The molecular formula is C20H20Na2O5. The molecule has 0 unspecified atom stereocenters. The van der Waals surface area contributed by atoms with E-state index in [-0.39, 0.29) is 79.0 Å². The van der Waals surface area contributed by atoms with E-state index in [2.05, 4.69) is 4.42 Å². The van der Waals surface area contributed by atoms with E-state index in [1.54, 1.807) is 6.07 Å². The minimum atomic E-state index is -0.792. The van der Waals surface area contributed by atoms with Gasteiger partial charge in [0, 0.05) is 11.6 Å². The minimum Gasteiger partial charge on any atom is -1.00 e. The molecule has 0 spiro atoms. The molecule has 5 nitrogen and oxygen atoms in total. The Hall–Kier alpha value is -1.34. The van der Waals surface area contributed by atoms with E-state index >= 15 is 0 Å². The van der Waals surface area contributed by atoms with Gasteiger partial charge in [0.05, 0.1) is 0 Å². The second kappa shape index (κ2) is 12.2. The van der Waals surface area contributed by atoms with Gasteiger partial charge in [-0.15, -0.1) is 0 Å². The summed E-state index contributed by atoms with van der Waals surface area (Å²) in [7, 11) is 0. The Kier molecular flexibility index (Phi) is 11.6. The van der Waals surface area contributed by atoms with Crippen LogP contribution in [0.4, 0.5) is 0 Å². The zero-order chi connectivity index (χ0) is 18.4. The van der Waals surface area contributed by atoms with Crippen LogP contribution in [0.2, 0.25) is 0 Å². The molecule has 0 aliphatic rings. The maximum atomic E-state index is 11.0. The summed E-state index contributed by atoms with van der Waals surface area (Å²) in [5.41, 5.74) is 0.837. The van der Waals surface area contributed by atoms with Crippen LogP contribution in [0.3, 0.4) is 0 Å². The van der Waals surface area contributed by atoms with Gasteiger partial charge in [-0.2, -0.15) is 0 Å². The van der Waals surface area contributed by atoms with Crippen LogP contribution < -0.4 is 64.7 Å². The SMILES string of the molecule is CC(=O)c1c(O)cc(C)oc1=O.Oc1ccccc1-c1ccccc1.[H-].[H-].[Na+].[Na+]. The van der Waals surface area contributed by atoms with E-state index < -0.39 is 11.4 Å². The molecule has 3 aromatic rings. The van der Waals surface area contributed by atoms with E-state index in [1.807, 2.05) is 48.5 Å². The molecule has 0 amide bonds. The summed E-state index contributed by atoms with van der Waals surface area (Å²) in [6, 6.07) is 18.4. The molecule has 2 aromatic carbocycles. The van der Waals surface area contributed by atoms with Crippen molar-refractivity contribution in [3.05, 3.63) is 82.4 Å². The molecule has 3 rings (SSSR count). The minimum absolute atomic E-state index is 0. The molecule has 0 aliphatic carbocycles. The van der Waals surface area contributed by atoms with Crippen LogP contribution in [0, 0.1) is 6.92 Å². The molecule has 0 saturated heterocycles. The molecule has 0 atom stereocenters. The molecule has 0 fully saturated rings. The van der Waals surface area contributed by atoms with Crippen LogP contribution in [0.5, 0.6) is 11.5 Å². The maximum absolute atomic E-state index is 11.0. The Morgan fingerprint density at radius 2 is 1.48 bits per heavy atom. The fraction of sp³-hybridized carbons (Fsp3) is 0.100. The summed E-state index contributed by atoms with van der Waals surface area (Å²) >= 11 is 0. The van der Waals surface area contributed by atoms with Gasteiger partial charge in [0.25, 0.3) is 0 Å². The van der Waals surface area contributed by atoms with Gasteiger partial charge in [0.2, 0.25) is 0 Å². The Balaban J connectivity index is -0.000000411. The smallest absolute Gasteiger partial charge is 1.00 e. The summed E-state index contributed by atoms with van der Waals surface area (Å²) in [5.74, 6) is -0.214. The second-order valence-corrected chi connectivity index (χ2v) is 5.34. The molecule has 0 bridgehead atoms. The van der Waals surface area contributed by atoms with Crippen molar-refractivity contribution in [3.8, 4) is 22.6 Å². The Labute approximate surface area is 204 Å². The number of ketones is 1. The summed E-state index contributed by atoms with van der Waals surface area (Å²) in [4.78, 5) is 21.7. The van der Waals surface area contributed by atoms with E-state index in [0.717, 1.165) is 11.1 Å². The summed E-state index contributed by atoms with van der Waals surface area (Å²) in [6.07, 6.45) is 0. The van der Waals surface area contributed by atoms with Crippen LogP contribution in [-0.2, 0) is 0 Å². The van der Waals surface area contributed by atoms with Crippen molar-refractivity contribution >= 4 is 5.78 Å². The average Bonchev–Trinajstić information content (AvgIpc) is 2.55. The van der Waals surface area contributed by atoms with Gasteiger partial charge in [-0.05, 0) is 25.5 Å². The van der Waals surface area contributed by atoms with Crippen molar-refractivity contribution in [3.63, 3.8) is 0 Å². The normalized spacial score (nSPS) is 9.11. The zero-order valence-corrected chi connectivity index (χ0v) is 19.9. The number of phenols is 1. The summed E-state index contributed by atoms with van der Waals surface area (Å²) in [6.45, 7) is 2.71. The van der Waals surface area contributed by atoms with Crippen LogP contribution in [0.15, 0.2) is 69.9 Å². The summed E-state index contributed by atoms with van der Waals surface area (Å²) in [5, 5.41) is 18.7. The number of hydrogen-bond donors (Lipinski definition) is 2. The molecule has 1 aromatic heterocycles. The fourth-order valence-electron chi connectivity index (χ4n) is 2.26. The quantitative estimate of drug-likeness (QED) is 0.399. The third-order valence-electron chi connectivity index (χ3n) is 3.39. The third kappa shape index (κ3) is 7.30. The van der Waals surface area contributed by atoms with Crippen LogP contribution in [-0.4, -0.2) is 16.0 Å². The van der Waals surface area contributed by atoms with E-state index in [9.17, 15) is 14.7 Å². The maximum Gasteiger partial charge on any atom is 1.00 e. The Morgan fingerprint density at radius 1 is 0.926 bits per heavy atom. The molecular weight excluding hydrogens is 366 g/mol. The number of aromatic hydroxyl groups is 2. The predicted molar refractivity (Wildman–Crippen MR) is 97.2 cm³/mol. The number of Topliss-reactive ketones (excluding diaryl/α,β-unsaturated/α-hetero) is 1. The Bertz CT molecular complexity index is 947. The Morgan fingerprint density at radius 3 is 2.00 bits per heavy atom. The van der Waals surface area contributed by atoms with Crippen molar-refractivity contribution in [1.29, 1.82) is 0 Å². The van der Waals surface area contributed by atoms with Gasteiger partial charge >= 0.3 is 64.7 Å². The zero-order valence-electron chi connectivity index (χ0n) is 17.9. The van der Waals surface area contributed by atoms with Gasteiger partial charge in [0.15, 0.2) is 5.78 Å². The first kappa shape index (κ1) is 25.7. The number of rotatable bonds is 2. The van der Waals surface area contributed by atoms with Gasteiger partial charge < -0.3 is 17.5 Å². The largest absolute Gasteiger partial charge is 1.00 e. The monoisotopic (exact) mass is 386 g/mol. The standard InChI is InChI=1S/C12H10O.C8H8O4.2Na.2H/c13-12-9-5-4-8-11(12)10-6-2-1-3-7-10;1-4-3-6(10)7(5(2)9)8(11)12-4;;;;/h1-9,13H;3,10H,1-2H3;;;;/q;;2*+1;2*-1. The van der Waals surface area contributed by atoms with Crippen molar-refractivity contribution in [2.24, 2.45) is 0 Å². The van der Waals surface area contributed by atoms with Crippen LogP contribution in [0.25, 0.3) is 11.1 Å². The van der Waals surface area contributed by atoms with Crippen molar-refractivity contribution in [2.75, 3.05) is 0 Å². The molecule has 0 radical (unpaired) electrons. The van der Waals surface area contributed by atoms with E-state index in [4.69, 9.17) is 5.11 Å². The number of hydrogen-bond acceptors (Lipinski definition) is 5.